The third kappa shape index (κ3) is 4.02. The molecule has 6 nitrogen and oxygen atoms in total. The molecule has 1 amide bonds. The molecule has 0 bridgehead atoms. The van der Waals surface area contributed by atoms with E-state index in [9.17, 15) is 9.59 Å². The van der Waals surface area contributed by atoms with Gasteiger partial charge in [-0.2, -0.15) is 0 Å². The molecule has 1 aromatic heterocycles. The van der Waals surface area contributed by atoms with Crippen molar-refractivity contribution in [3.63, 3.8) is 0 Å². The molecule has 0 saturated heterocycles. The number of hydrogen-bond donors (Lipinski definition) is 1. The molecule has 1 heterocycles. The van der Waals surface area contributed by atoms with Crippen LogP contribution in [-0.2, 0) is 4.74 Å². The summed E-state index contributed by atoms with van der Waals surface area (Å²) in [7, 11) is 1.48. The Kier molecular flexibility index (Phi) is 5.76. The lowest BCUT2D eigenvalue weighted by atomic mass is 10.2. The van der Waals surface area contributed by atoms with Crippen LogP contribution in [0.15, 0.2) is 30.3 Å². The third-order valence-corrected chi connectivity index (χ3v) is 3.60. The number of methoxy groups -OCH3 is 1. The Labute approximate surface area is 144 Å². The van der Waals surface area contributed by atoms with Gasteiger partial charge in [-0.1, -0.05) is 17.7 Å². The summed E-state index contributed by atoms with van der Waals surface area (Å²) in [6.07, 6.45) is 0. The van der Waals surface area contributed by atoms with Crippen LogP contribution in [0.25, 0.3) is 0 Å². The number of nitrogens with zero attached hydrogens (tertiary/aromatic N) is 1. The van der Waals surface area contributed by atoms with Crippen LogP contribution in [0.4, 0.5) is 5.69 Å². The molecule has 0 unspecified atom stereocenters. The second kappa shape index (κ2) is 7.79. The molecule has 7 heteroatoms. The molecule has 0 atom stereocenters. The molecule has 0 aliphatic carbocycles. The van der Waals surface area contributed by atoms with Crippen molar-refractivity contribution in [2.24, 2.45) is 0 Å². The molecule has 0 spiro atoms. The molecule has 0 aliphatic rings. The van der Waals surface area contributed by atoms with Gasteiger partial charge in [-0.15, -0.1) is 0 Å². The molecule has 1 aromatic carbocycles. The number of rotatable bonds is 5. The van der Waals surface area contributed by atoms with Crippen LogP contribution in [0.5, 0.6) is 5.75 Å². The van der Waals surface area contributed by atoms with Gasteiger partial charge in [0.25, 0.3) is 5.91 Å². The summed E-state index contributed by atoms with van der Waals surface area (Å²) in [6.45, 7) is 3.75. The van der Waals surface area contributed by atoms with E-state index in [1.54, 1.807) is 25.1 Å². The molecule has 126 valence electrons. The maximum atomic E-state index is 12.4. The SMILES string of the molecule is CCOC(=O)c1cccc(C(=O)Nc2cc(C)c(Cl)cc2OC)n1. The Morgan fingerprint density at radius 3 is 2.62 bits per heavy atom. The summed E-state index contributed by atoms with van der Waals surface area (Å²) in [5, 5.41) is 3.24. The van der Waals surface area contributed by atoms with Crippen molar-refractivity contribution in [2.45, 2.75) is 13.8 Å². The summed E-state index contributed by atoms with van der Waals surface area (Å²) in [4.78, 5) is 28.1. The maximum absolute atomic E-state index is 12.4. The number of amides is 1. The summed E-state index contributed by atoms with van der Waals surface area (Å²) in [5.74, 6) is -0.617. The zero-order valence-electron chi connectivity index (χ0n) is 13.6. The normalized spacial score (nSPS) is 10.2. The first-order valence-electron chi connectivity index (χ1n) is 7.26. The Morgan fingerprint density at radius 2 is 1.96 bits per heavy atom. The number of hydrogen-bond acceptors (Lipinski definition) is 5. The van der Waals surface area contributed by atoms with Crippen molar-refractivity contribution in [3.8, 4) is 5.75 Å². The zero-order chi connectivity index (χ0) is 17.7. The Balaban J connectivity index is 2.26. The molecule has 0 saturated carbocycles. The molecule has 1 N–H and O–H groups in total. The fourth-order valence-corrected chi connectivity index (χ4v) is 2.15. The lowest BCUT2D eigenvalue weighted by Gasteiger charge is -2.12. The number of aromatic nitrogens is 1. The van der Waals surface area contributed by atoms with Crippen LogP contribution in [-0.4, -0.2) is 30.6 Å². The van der Waals surface area contributed by atoms with Crippen molar-refractivity contribution in [2.75, 3.05) is 19.0 Å². The first kappa shape index (κ1) is 17.7. The maximum Gasteiger partial charge on any atom is 0.356 e. The fraction of sp³-hybridized carbons (Fsp3) is 0.235. The molecule has 2 aromatic rings. The largest absolute Gasteiger partial charge is 0.495 e. The topological polar surface area (TPSA) is 77.5 Å². The quantitative estimate of drug-likeness (QED) is 0.837. The van der Waals surface area contributed by atoms with Gasteiger partial charge in [0.15, 0.2) is 0 Å². The van der Waals surface area contributed by atoms with Crippen molar-refractivity contribution < 1.29 is 19.1 Å². The minimum atomic E-state index is -0.577. The number of halogens is 1. The highest BCUT2D eigenvalue weighted by Gasteiger charge is 2.15. The molecule has 2 rings (SSSR count). The minimum absolute atomic E-state index is 0.0729. The molecule has 0 radical (unpaired) electrons. The molecular weight excluding hydrogens is 332 g/mol. The summed E-state index contributed by atoms with van der Waals surface area (Å²) < 4.78 is 10.1. The van der Waals surface area contributed by atoms with Gasteiger partial charge in [-0.25, -0.2) is 9.78 Å². The number of pyridine rings is 1. The average molecular weight is 349 g/mol. The van der Waals surface area contributed by atoms with Gasteiger partial charge in [-0.3, -0.25) is 4.79 Å². The van der Waals surface area contributed by atoms with Crippen molar-refractivity contribution in [1.82, 2.24) is 4.98 Å². The van der Waals surface area contributed by atoms with E-state index >= 15 is 0 Å². The van der Waals surface area contributed by atoms with Gasteiger partial charge >= 0.3 is 5.97 Å². The number of carbonyl (C=O) groups is 2. The van der Waals surface area contributed by atoms with Gasteiger partial charge in [-0.05, 0) is 37.6 Å². The van der Waals surface area contributed by atoms with Crippen molar-refractivity contribution in [1.29, 1.82) is 0 Å². The highest BCUT2D eigenvalue weighted by atomic mass is 35.5. The third-order valence-electron chi connectivity index (χ3n) is 3.20. The van der Waals surface area contributed by atoms with Gasteiger partial charge in [0.2, 0.25) is 0 Å². The number of carbonyl (C=O) groups excluding carboxylic acids is 2. The smallest absolute Gasteiger partial charge is 0.356 e. The number of ether oxygens (including phenoxy) is 2. The Bertz CT molecular complexity index is 777. The summed E-state index contributed by atoms with van der Waals surface area (Å²) >= 11 is 6.05. The minimum Gasteiger partial charge on any atom is -0.495 e. The van der Waals surface area contributed by atoms with Crippen LogP contribution < -0.4 is 10.1 Å². The highest BCUT2D eigenvalue weighted by molar-refractivity contribution is 6.31. The van der Waals surface area contributed by atoms with Crippen molar-refractivity contribution in [3.05, 3.63) is 52.3 Å². The lowest BCUT2D eigenvalue weighted by Crippen LogP contribution is -2.17. The van der Waals surface area contributed by atoms with Crippen LogP contribution in [0.1, 0.15) is 33.5 Å². The molecule has 24 heavy (non-hydrogen) atoms. The van der Waals surface area contributed by atoms with Gasteiger partial charge in [0.05, 0.1) is 19.4 Å². The van der Waals surface area contributed by atoms with E-state index in [4.69, 9.17) is 21.1 Å². The van der Waals surface area contributed by atoms with Gasteiger partial charge < -0.3 is 14.8 Å². The molecular formula is C17H17ClN2O4. The van der Waals surface area contributed by atoms with E-state index in [1.165, 1.54) is 19.2 Å². The van der Waals surface area contributed by atoms with E-state index < -0.39 is 11.9 Å². The van der Waals surface area contributed by atoms with Crippen molar-refractivity contribution >= 4 is 29.2 Å². The number of nitrogens with one attached hydrogen (secondary N) is 1. The zero-order valence-corrected chi connectivity index (χ0v) is 14.3. The standard InChI is InChI=1S/C17H17ClN2O4/c1-4-24-17(22)13-7-5-6-12(19-13)16(21)20-14-8-10(2)11(18)9-15(14)23-3/h5-9H,4H2,1-3H3,(H,20,21). The molecule has 0 aliphatic heterocycles. The molecule has 0 fully saturated rings. The summed E-state index contributed by atoms with van der Waals surface area (Å²) in [5.41, 5.74) is 1.42. The Morgan fingerprint density at radius 1 is 1.25 bits per heavy atom. The number of esters is 1. The van der Waals surface area contributed by atoms with E-state index in [0.29, 0.717) is 16.5 Å². The predicted molar refractivity (Wildman–Crippen MR) is 90.9 cm³/mol. The van der Waals surface area contributed by atoms with E-state index in [-0.39, 0.29) is 18.0 Å². The van der Waals surface area contributed by atoms with Gasteiger partial charge in [0.1, 0.15) is 17.1 Å². The number of benzene rings is 1. The lowest BCUT2D eigenvalue weighted by molar-refractivity contribution is 0.0519. The van der Waals surface area contributed by atoms with E-state index in [2.05, 4.69) is 10.3 Å². The summed E-state index contributed by atoms with van der Waals surface area (Å²) in [6, 6.07) is 7.89. The monoisotopic (exact) mass is 348 g/mol. The second-order valence-corrected chi connectivity index (χ2v) is 5.29. The van der Waals surface area contributed by atoms with Crippen LogP contribution in [0.3, 0.4) is 0 Å². The van der Waals surface area contributed by atoms with Crippen LogP contribution in [0, 0.1) is 6.92 Å². The van der Waals surface area contributed by atoms with E-state index in [1.807, 2.05) is 6.92 Å². The number of aryl methyl sites for hydroxylation is 1. The van der Waals surface area contributed by atoms with E-state index in [0.717, 1.165) is 5.56 Å². The predicted octanol–water partition coefficient (Wildman–Crippen LogP) is 3.48. The van der Waals surface area contributed by atoms with Gasteiger partial charge in [0, 0.05) is 11.1 Å². The first-order chi connectivity index (χ1) is 11.5. The van der Waals surface area contributed by atoms with Crippen LogP contribution in [0.2, 0.25) is 5.02 Å². The fourth-order valence-electron chi connectivity index (χ4n) is 2.00. The Hall–Kier alpha value is -2.60. The first-order valence-corrected chi connectivity index (χ1v) is 7.63. The average Bonchev–Trinajstić information content (AvgIpc) is 2.58. The number of anilines is 1. The van der Waals surface area contributed by atoms with Crippen LogP contribution >= 0.6 is 11.6 Å². The highest BCUT2D eigenvalue weighted by Crippen LogP contribution is 2.31. The second-order valence-electron chi connectivity index (χ2n) is 4.88.